The van der Waals surface area contributed by atoms with E-state index in [-0.39, 0.29) is 0 Å². The predicted molar refractivity (Wildman–Crippen MR) is 42.2 cm³/mol. The molecule has 2 rings (SSSR count). The molecule has 0 aliphatic carbocycles. The molecule has 0 aromatic rings. The number of hydrogen-bond donors (Lipinski definition) is 0. The van der Waals surface area contributed by atoms with Crippen LogP contribution >= 0.6 is 0 Å². The number of hydrogen-bond acceptors (Lipinski definition) is 2. The summed E-state index contributed by atoms with van der Waals surface area (Å²) in [6.07, 6.45) is 6.82. The molecule has 0 saturated carbocycles. The van der Waals surface area contributed by atoms with Crippen molar-refractivity contribution in [1.82, 2.24) is 0 Å². The van der Waals surface area contributed by atoms with Crippen molar-refractivity contribution >= 4 is 0 Å². The Morgan fingerprint density at radius 2 is 2.36 bits per heavy atom. The van der Waals surface area contributed by atoms with E-state index in [0.717, 1.165) is 12.8 Å². The summed E-state index contributed by atoms with van der Waals surface area (Å²) in [5.41, 5.74) is 0. The average Bonchev–Trinajstić information content (AvgIpc) is 2.21. The van der Waals surface area contributed by atoms with E-state index in [2.05, 4.69) is 13.0 Å². The summed E-state index contributed by atoms with van der Waals surface area (Å²) in [4.78, 5) is 0. The normalized spacial score (nSPS) is 48.2. The minimum atomic E-state index is -0.413. The van der Waals surface area contributed by atoms with E-state index in [4.69, 9.17) is 9.47 Å². The van der Waals surface area contributed by atoms with Crippen molar-refractivity contribution in [2.45, 2.75) is 44.7 Å². The fourth-order valence-corrected chi connectivity index (χ4v) is 1.82. The molecule has 2 aliphatic heterocycles. The second kappa shape index (κ2) is 2.32. The summed E-state index contributed by atoms with van der Waals surface area (Å²) in [5.74, 6) is -0.413. The van der Waals surface area contributed by atoms with Crippen LogP contribution in [0.25, 0.3) is 0 Å². The highest BCUT2D eigenvalue weighted by atomic mass is 16.8. The maximum Gasteiger partial charge on any atom is 0.185 e. The van der Waals surface area contributed by atoms with Crippen molar-refractivity contribution in [3.05, 3.63) is 12.2 Å². The summed E-state index contributed by atoms with van der Waals surface area (Å²) >= 11 is 0. The van der Waals surface area contributed by atoms with Gasteiger partial charge in [-0.05, 0) is 25.8 Å². The van der Waals surface area contributed by atoms with Gasteiger partial charge in [0.25, 0.3) is 0 Å². The van der Waals surface area contributed by atoms with E-state index in [0.29, 0.717) is 12.2 Å². The summed E-state index contributed by atoms with van der Waals surface area (Å²) in [6, 6.07) is 0. The van der Waals surface area contributed by atoms with Gasteiger partial charge in [0.1, 0.15) is 0 Å². The van der Waals surface area contributed by atoms with Crippen LogP contribution in [0.1, 0.15) is 26.7 Å². The third kappa shape index (κ3) is 1.10. The van der Waals surface area contributed by atoms with Crippen LogP contribution in [-0.4, -0.2) is 18.0 Å². The van der Waals surface area contributed by atoms with Crippen LogP contribution in [0.2, 0.25) is 0 Å². The Labute approximate surface area is 67.2 Å². The van der Waals surface area contributed by atoms with Crippen molar-refractivity contribution in [2.24, 2.45) is 0 Å². The van der Waals surface area contributed by atoms with Gasteiger partial charge < -0.3 is 9.47 Å². The summed E-state index contributed by atoms with van der Waals surface area (Å²) in [6.45, 7) is 4.11. The second-order valence-electron chi connectivity index (χ2n) is 3.37. The average molecular weight is 154 g/mol. The lowest BCUT2D eigenvalue weighted by molar-refractivity contribution is -0.125. The van der Waals surface area contributed by atoms with E-state index in [1.165, 1.54) is 0 Å². The third-order valence-electron chi connectivity index (χ3n) is 2.38. The molecule has 0 spiro atoms. The Balaban J connectivity index is 2.18. The first kappa shape index (κ1) is 7.32. The second-order valence-corrected chi connectivity index (χ2v) is 3.37. The largest absolute Gasteiger partial charge is 0.341 e. The molecule has 2 heterocycles. The minimum Gasteiger partial charge on any atom is -0.341 e. The predicted octanol–water partition coefficient (Wildman–Crippen LogP) is 1.86. The maximum absolute atomic E-state index is 5.71. The highest BCUT2D eigenvalue weighted by molar-refractivity contribution is 5.05. The lowest BCUT2D eigenvalue weighted by Gasteiger charge is -2.21. The summed E-state index contributed by atoms with van der Waals surface area (Å²) in [5, 5.41) is 0. The van der Waals surface area contributed by atoms with Gasteiger partial charge in [-0.3, -0.25) is 0 Å². The van der Waals surface area contributed by atoms with Crippen molar-refractivity contribution in [3.63, 3.8) is 0 Å². The monoisotopic (exact) mass is 154 g/mol. The van der Waals surface area contributed by atoms with E-state index in [9.17, 15) is 0 Å². The number of fused-ring (bicyclic) bond motifs is 2. The van der Waals surface area contributed by atoms with Crippen LogP contribution in [0.5, 0.6) is 0 Å². The molecule has 2 heteroatoms. The van der Waals surface area contributed by atoms with Crippen LogP contribution in [0.4, 0.5) is 0 Å². The van der Waals surface area contributed by atoms with E-state index in [1.54, 1.807) is 0 Å². The smallest absolute Gasteiger partial charge is 0.185 e. The van der Waals surface area contributed by atoms with Gasteiger partial charge in [0.2, 0.25) is 0 Å². The molecule has 62 valence electrons. The molecule has 0 amide bonds. The molecule has 0 aromatic carbocycles. The quantitative estimate of drug-likeness (QED) is 0.537. The molecule has 2 nitrogen and oxygen atoms in total. The molecule has 3 atom stereocenters. The zero-order chi connectivity index (χ0) is 7.90. The molecule has 0 radical (unpaired) electrons. The molecule has 2 bridgehead atoms. The fraction of sp³-hybridized carbons (Fsp3) is 0.778. The minimum absolute atomic E-state index is 0.301. The van der Waals surface area contributed by atoms with E-state index < -0.39 is 5.79 Å². The maximum atomic E-state index is 5.71. The molecule has 11 heavy (non-hydrogen) atoms. The van der Waals surface area contributed by atoms with Gasteiger partial charge >= 0.3 is 0 Å². The lowest BCUT2D eigenvalue weighted by Crippen LogP contribution is -2.26. The Morgan fingerprint density at radius 1 is 1.55 bits per heavy atom. The molecular weight excluding hydrogens is 140 g/mol. The standard InChI is InChI=1S/C9H14O2/c1-3-7-8-5-4-6-9(2,10-7)11-8/h4,6-8H,3,5H2,1-2H3/t7-,8-,9+/m1/s1. The Bertz CT molecular complexity index is 188. The van der Waals surface area contributed by atoms with Gasteiger partial charge in [-0.25, -0.2) is 0 Å². The Hall–Kier alpha value is -0.340. The highest BCUT2D eigenvalue weighted by Crippen LogP contribution is 2.36. The van der Waals surface area contributed by atoms with Crippen molar-refractivity contribution in [3.8, 4) is 0 Å². The zero-order valence-corrected chi connectivity index (χ0v) is 7.04. The lowest BCUT2D eigenvalue weighted by atomic mass is 10.1. The van der Waals surface area contributed by atoms with Gasteiger partial charge in [-0.2, -0.15) is 0 Å². The van der Waals surface area contributed by atoms with Crippen molar-refractivity contribution < 1.29 is 9.47 Å². The van der Waals surface area contributed by atoms with Crippen LogP contribution in [-0.2, 0) is 9.47 Å². The highest BCUT2D eigenvalue weighted by Gasteiger charge is 2.43. The Kier molecular flexibility index (Phi) is 1.55. The van der Waals surface area contributed by atoms with Crippen LogP contribution < -0.4 is 0 Å². The summed E-state index contributed by atoms with van der Waals surface area (Å²) in [7, 11) is 0. The van der Waals surface area contributed by atoms with E-state index in [1.807, 2.05) is 13.0 Å². The first-order valence-corrected chi connectivity index (χ1v) is 4.27. The van der Waals surface area contributed by atoms with Gasteiger partial charge in [-0.1, -0.05) is 13.0 Å². The van der Waals surface area contributed by atoms with E-state index >= 15 is 0 Å². The topological polar surface area (TPSA) is 18.5 Å². The van der Waals surface area contributed by atoms with Crippen LogP contribution in [0.15, 0.2) is 12.2 Å². The first-order valence-electron chi connectivity index (χ1n) is 4.27. The van der Waals surface area contributed by atoms with Gasteiger partial charge in [0.05, 0.1) is 12.2 Å². The molecule has 0 N–H and O–H groups in total. The third-order valence-corrected chi connectivity index (χ3v) is 2.38. The first-order chi connectivity index (χ1) is 5.23. The van der Waals surface area contributed by atoms with Gasteiger partial charge in [0, 0.05) is 0 Å². The molecular formula is C9H14O2. The van der Waals surface area contributed by atoms with Crippen LogP contribution in [0, 0.1) is 0 Å². The van der Waals surface area contributed by atoms with Gasteiger partial charge in [-0.15, -0.1) is 0 Å². The number of rotatable bonds is 1. The molecule has 0 unspecified atom stereocenters. The van der Waals surface area contributed by atoms with Crippen LogP contribution in [0.3, 0.4) is 0 Å². The van der Waals surface area contributed by atoms with Crippen molar-refractivity contribution in [2.75, 3.05) is 0 Å². The molecule has 1 saturated heterocycles. The Morgan fingerprint density at radius 3 is 3.00 bits per heavy atom. The molecule has 2 aliphatic rings. The van der Waals surface area contributed by atoms with Gasteiger partial charge in [0.15, 0.2) is 5.79 Å². The summed E-state index contributed by atoms with van der Waals surface area (Å²) < 4.78 is 11.4. The zero-order valence-electron chi connectivity index (χ0n) is 7.04. The number of ether oxygens (including phenoxy) is 2. The molecule has 0 aromatic heterocycles. The molecule has 1 fully saturated rings. The fourth-order valence-electron chi connectivity index (χ4n) is 1.82. The SMILES string of the molecule is CC[C@H]1O[C@]2(C)C=CC[C@H]1O2. The van der Waals surface area contributed by atoms with Crippen molar-refractivity contribution in [1.29, 1.82) is 0 Å².